The lowest BCUT2D eigenvalue weighted by atomic mass is 9.95. The van der Waals surface area contributed by atoms with Crippen molar-refractivity contribution in [3.8, 4) is 0 Å². The number of hydrogen-bond donors (Lipinski definition) is 1. The molecule has 1 N–H and O–H groups in total. The van der Waals surface area contributed by atoms with Crippen molar-refractivity contribution >= 4 is 5.91 Å². The molecular formula is C13H21N3O2. The Kier molecular flexibility index (Phi) is 4.36. The van der Waals surface area contributed by atoms with E-state index in [0.29, 0.717) is 5.92 Å². The summed E-state index contributed by atoms with van der Waals surface area (Å²) in [5, 5.41) is 13.1. The smallest absolute Gasteiger partial charge is 0.247 e. The molecule has 0 aliphatic carbocycles. The van der Waals surface area contributed by atoms with Crippen molar-refractivity contribution in [1.82, 2.24) is 14.7 Å². The molecule has 18 heavy (non-hydrogen) atoms. The van der Waals surface area contributed by atoms with Crippen LogP contribution in [0.5, 0.6) is 0 Å². The Morgan fingerprint density at radius 2 is 2.44 bits per heavy atom. The average Bonchev–Trinajstić information content (AvgIpc) is 2.91. The lowest BCUT2D eigenvalue weighted by Crippen LogP contribution is -2.43. The van der Waals surface area contributed by atoms with Crippen molar-refractivity contribution < 1.29 is 9.90 Å². The number of rotatable bonds is 4. The molecule has 2 atom stereocenters. The maximum atomic E-state index is 12.3. The van der Waals surface area contributed by atoms with Crippen molar-refractivity contribution in [2.45, 2.75) is 32.2 Å². The lowest BCUT2D eigenvalue weighted by molar-refractivity contribution is -0.136. The summed E-state index contributed by atoms with van der Waals surface area (Å²) in [6, 6.07) is 1.59. The van der Waals surface area contributed by atoms with E-state index in [2.05, 4.69) is 5.10 Å². The van der Waals surface area contributed by atoms with Gasteiger partial charge in [0.15, 0.2) is 0 Å². The highest BCUT2D eigenvalue weighted by Crippen LogP contribution is 2.21. The van der Waals surface area contributed by atoms with Gasteiger partial charge in [0.05, 0.1) is 0 Å². The zero-order valence-electron chi connectivity index (χ0n) is 10.8. The highest BCUT2D eigenvalue weighted by Gasteiger charge is 2.27. The fourth-order valence-electron chi connectivity index (χ4n) is 2.57. The van der Waals surface area contributed by atoms with Crippen molar-refractivity contribution in [2.75, 3.05) is 19.7 Å². The maximum Gasteiger partial charge on any atom is 0.247 e. The van der Waals surface area contributed by atoms with Gasteiger partial charge in [-0.15, -0.1) is 0 Å². The predicted octanol–water partition coefficient (Wildman–Crippen LogP) is 1.07. The first kappa shape index (κ1) is 13.1. The first-order chi connectivity index (χ1) is 8.72. The molecule has 0 aromatic carbocycles. The molecule has 5 nitrogen and oxygen atoms in total. The molecule has 0 bridgehead atoms. The summed E-state index contributed by atoms with van der Waals surface area (Å²) in [4.78, 5) is 14.3. The van der Waals surface area contributed by atoms with Crippen molar-refractivity contribution in [3.63, 3.8) is 0 Å². The molecule has 1 aliphatic rings. The number of hydrogen-bond acceptors (Lipinski definition) is 3. The van der Waals surface area contributed by atoms with E-state index < -0.39 is 0 Å². The van der Waals surface area contributed by atoms with Crippen molar-refractivity contribution in [3.05, 3.63) is 18.5 Å². The van der Waals surface area contributed by atoms with Gasteiger partial charge in [0.25, 0.3) is 0 Å². The van der Waals surface area contributed by atoms with Crippen LogP contribution in [0.1, 0.15) is 32.2 Å². The van der Waals surface area contributed by atoms with Gasteiger partial charge in [-0.1, -0.05) is 0 Å². The van der Waals surface area contributed by atoms with Gasteiger partial charge in [-0.25, -0.2) is 0 Å². The van der Waals surface area contributed by atoms with Gasteiger partial charge >= 0.3 is 0 Å². The van der Waals surface area contributed by atoms with Crippen LogP contribution in [0, 0.1) is 5.92 Å². The molecule has 0 saturated carbocycles. The normalized spacial score (nSPS) is 21.9. The van der Waals surface area contributed by atoms with E-state index in [1.807, 2.05) is 24.1 Å². The van der Waals surface area contributed by atoms with E-state index in [4.69, 9.17) is 5.11 Å². The van der Waals surface area contributed by atoms with E-state index in [9.17, 15) is 4.79 Å². The minimum Gasteiger partial charge on any atom is -0.396 e. The third-order valence-electron chi connectivity index (χ3n) is 3.65. The highest BCUT2D eigenvalue weighted by atomic mass is 16.3. The van der Waals surface area contributed by atoms with Crippen LogP contribution in [0.2, 0.25) is 0 Å². The van der Waals surface area contributed by atoms with Crippen LogP contribution in [0.15, 0.2) is 18.5 Å². The Labute approximate surface area is 107 Å². The number of aliphatic hydroxyl groups is 1. The monoisotopic (exact) mass is 251 g/mol. The number of carbonyl (C=O) groups is 1. The molecule has 2 rings (SSSR count). The van der Waals surface area contributed by atoms with Crippen LogP contribution in [-0.2, 0) is 4.79 Å². The molecule has 1 aromatic heterocycles. The Bertz CT molecular complexity index is 376. The number of carbonyl (C=O) groups excluding carboxylic acids is 1. The fourth-order valence-corrected chi connectivity index (χ4v) is 2.57. The first-order valence-corrected chi connectivity index (χ1v) is 6.61. The summed E-state index contributed by atoms with van der Waals surface area (Å²) >= 11 is 0. The van der Waals surface area contributed by atoms with Gasteiger partial charge in [-0.3, -0.25) is 9.48 Å². The molecule has 1 fully saturated rings. The van der Waals surface area contributed by atoms with Gasteiger partial charge < -0.3 is 10.0 Å². The molecule has 100 valence electrons. The summed E-state index contributed by atoms with van der Waals surface area (Å²) in [5.41, 5.74) is 0. The number of likely N-dealkylation sites (tertiary alicyclic amines) is 1. The van der Waals surface area contributed by atoms with Crippen LogP contribution in [0.4, 0.5) is 0 Å². The molecule has 5 heteroatoms. The first-order valence-electron chi connectivity index (χ1n) is 6.61. The van der Waals surface area contributed by atoms with Crippen LogP contribution >= 0.6 is 0 Å². The van der Waals surface area contributed by atoms with Gasteiger partial charge in [-0.2, -0.15) is 5.10 Å². The Morgan fingerprint density at radius 1 is 1.61 bits per heavy atom. The number of aliphatic hydroxyl groups excluding tert-OH is 1. The van der Waals surface area contributed by atoms with E-state index in [-0.39, 0.29) is 18.6 Å². The predicted molar refractivity (Wildman–Crippen MR) is 67.9 cm³/mol. The SMILES string of the molecule is CC(C(=O)N1CCCC(CCO)C1)n1cccn1. The summed E-state index contributed by atoms with van der Waals surface area (Å²) in [5.74, 6) is 0.568. The van der Waals surface area contributed by atoms with Gasteiger partial charge in [0, 0.05) is 32.1 Å². The lowest BCUT2D eigenvalue weighted by Gasteiger charge is -2.34. The van der Waals surface area contributed by atoms with Crippen molar-refractivity contribution in [2.24, 2.45) is 5.92 Å². The number of piperidine rings is 1. The van der Waals surface area contributed by atoms with Crippen LogP contribution in [0.25, 0.3) is 0 Å². The molecule has 0 spiro atoms. The van der Waals surface area contributed by atoms with Crippen LogP contribution < -0.4 is 0 Å². The Balaban J connectivity index is 1.96. The fraction of sp³-hybridized carbons (Fsp3) is 0.692. The van der Waals surface area contributed by atoms with E-state index in [1.54, 1.807) is 10.9 Å². The van der Waals surface area contributed by atoms with Gasteiger partial charge in [-0.05, 0) is 38.2 Å². The standard InChI is InChI=1S/C13H21N3O2/c1-11(16-8-3-6-14-16)13(18)15-7-2-4-12(10-15)5-9-17/h3,6,8,11-12,17H,2,4-5,7,9-10H2,1H3. The largest absolute Gasteiger partial charge is 0.396 e. The number of aromatic nitrogens is 2. The third-order valence-corrected chi connectivity index (χ3v) is 3.65. The summed E-state index contributed by atoms with van der Waals surface area (Å²) in [7, 11) is 0. The summed E-state index contributed by atoms with van der Waals surface area (Å²) < 4.78 is 1.69. The topological polar surface area (TPSA) is 58.4 Å². The third kappa shape index (κ3) is 2.90. The summed E-state index contributed by atoms with van der Waals surface area (Å²) in [6.07, 6.45) is 6.44. The highest BCUT2D eigenvalue weighted by molar-refractivity contribution is 5.80. The van der Waals surface area contributed by atoms with Gasteiger partial charge in [0.1, 0.15) is 6.04 Å². The van der Waals surface area contributed by atoms with Crippen LogP contribution in [0.3, 0.4) is 0 Å². The Hall–Kier alpha value is -1.36. The Morgan fingerprint density at radius 3 is 3.11 bits per heavy atom. The van der Waals surface area contributed by atoms with Gasteiger partial charge in [0.2, 0.25) is 5.91 Å². The van der Waals surface area contributed by atoms with Crippen LogP contribution in [-0.4, -0.2) is 45.4 Å². The van der Waals surface area contributed by atoms with E-state index in [1.165, 1.54) is 0 Å². The minimum absolute atomic E-state index is 0.126. The average molecular weight is 251 g/mol. The van der Waals surface area contributed by atoms with E-state index in [0.717, 1.165) is 32.4 Å². The zero-order chi connectivity index (χ0) is 13.0. The molecule has 2 unspecified atom stereocenters. The molecule has 2 heterocycles. The summed E-state index contributed by atoms with van der Waals surface area (Å²) in [6.45, 7) is 3.68. The minimum atomic E-state index is -0.243. The quantitative estimate of drug-likeness (QED) is 0.870. The van der Waals surface area contributed by atoms with Crippen molar-refractivity contribution in [1.29, 1.82) is 0 Å². The second-order valence-electron chi connectivity index (χ2n) is 4.97. The molecule has 1 amide bonds. The molecule has 1 saturated heterocycles. The molecule has 1 aliphatic heterocycles. The number of nitrogens with zero attached hydrogens (tertiary/aromatic N) is 3. The molecular weight excluding hydrogens is 230 g/mol. The zero-order valence-corrected chi connectivity index (χ0v) is 10.8. The van der Waals surface area contributed by atoms with E-state index >= 15 is 0 Å². The number of amides is 1. The second kappa shape index (κ2) is 6.00. The molecule has 1 aromatic rings. The second-order valence-corrected chi connectivity index (χ2v) is 4.97. The maximum absolute atomic E-state index is 12.3. The molecule has 0 radical (unpaired) electrons.